The molecule has 1 aromatic heterocycles. The molecule has 0 fully saturated rings. The number of aryl methyl sites for hydroxylation is 2. The van der Waals surface area contributed by atoms with Gasteiger partial charge in [0.05, 0.1) is 22.6 Å². The van der Waals surface area contributed by atoms with Crippen molar-refractivity contribution in [1.29, 1.82) is 0 Å². The molecule has 0 aliphatic carbocycles. The zero-order valence-corrected chi connectivity index (χ0v) is 21.3. The fraction of sp³-hybridized carbons (Fsp3) is 0.276. The monoisotopic (exact) mass is 487 g/mol. The number of nitrogens with zero attached hydrogens (tertiary/aromatic N) is 3. The minimum absolute atomic E-state index is 0.0640. The molecular formula is C29H30ClN3O2. The SMILES string of the molecule is CCCCN(C(=O)c1ccccc1C)C(C)c1nc2ccccc2c(=O)n1-c1ccc(Cl)cc1C. The van der Waals surface area contributed by atoms with E-state index in [1.54, 1.807) is 16.7 Å². The molecule has 0 aliphatic rings. The Morgan fingerprint density at radius 3 is 2.46 bits per heavy atom. The van der Waals surface area contributed by atoms with E-state index in [4.69, 9.17) is 16.6 Å². The highest BCUT2D eigenvalue weighted by molar-refractivity contribution is 6.30. The van der Waals surface area contributed by atoms with Crippen molar-refractivity contribution in [3.63, 3.8) is 0 Å². The Kier molecular flexibility index (Phi) is 7.37. The predicted octanol–water partition coefficient (Wildman–Crippen LogP) is 6.66. The van der Waals surface area contributed by atoms with E-state index >= 15 is 0 Å². The molecule has 1 heterocycles. The fourth-order valence-corrected chi connectivity index (χ4v) is 4.67. The molecule has 0 saturated carbocycles. The number of aromatic nitrogens is 2. The van der Waals surface area contributed by atoms with E-state index in [9.17, 15) is 9.59 Å². The van der Waals surface area contributed by atoms with Crippen molar-refractivity contribution in [1.82, 2.24) is 14.5 Å². The van der Waals surface area contributed by atoms with Gasteiger partial charge in [0.1, 0.15) is 5.82 Å². The van der Waals surface area contributed by atoms with Crippen LogP contribution in [0.25, 0.3) is 16.6 Å². The van der Waals surface area contributed by atoms with Crippen molar-refractivity contribution >= 4 is 28.4 Å². The number of amides is 1. The summed E-state index contributed by atoms with van der Waals surface area (Å²) in [5.74, 6) is 0.461. The Hall–Kier alpha value is -3.44. The van der Waals surface area contributed by atoms with Crippen LogP contribution in [0.2, 0.25) is 5.02 Å². The van der Waals surface area contributed by atoms with Crippen LogP contribution in [0.3, 0.4) is 0 Å². The van der Waals surface area contributed by atoms with E-state index in [-0.39, 0.29) is 11.5 Å². The van der Waals surface area contributed by atoms with Crippen molar-refractivity contribution < 1.29 is 4.79 Å². The number of carbonyl (C=O) groups excluding carboxylic acids is 1. The molecule has 4 rings (SSSR count). The summed E-state index contributed by atoms with van der Waals surface area (Å²) in [4.78, 5) is 34.4. The number of hydrogen-bond donors (Lipinski definition) is 0. The fourth-order valence-electron chi connectivity index (χ4n) is 4.44. The Bertz CT molecular complexity index is 1440. The van der Waals surface area contributed by atoms with Crippen molar-refractivity contribution in [2.24, 2.45) is 0 Å². The molecular weight excluding hydrogens is 458 g/mol. The maximum absolute atomic E-state index is 13.8. The molecule has 4 aromatic rings. The molecule has 1 amide bonds. The zero-order chi connectivity index (χ0) is 25.1. The standard InChI is InChI=1S/C29H30ClN3O2/c1-5-6-17-32(28(34)23-12-8-7-11-19(23)2)21(4)27-31-25-14-10-9-13-24(25)29(35)33(27)26-16-15-22(30)18-20(26)3/h7-16,18,21H,5-6,17H2,1-4H3. The molecule has 6 heteroatoms. The molecule has 0 radical (unpaired) electrons. The van der Waals surface area contributed by atoms with Crippen LogP contribution < -0.4 is 5.56 Å². The number of hydrogen-bond acceptors (Lipinski definition) is 3. The van der Waals surface area contributed by atoms with E-state index in [1.807, 2.05) is 80.3 Å². The van der Waals surface area contributed by atoms with Gasteiger partial charge in [0.15, 0.2) is 0 Å². The Labute approximate surface area is 211 Å². The summed E-state index contributed by atoms with van der Waals surface area (Å²) in [6, 6.07) is 19.9. The number of fused-ring (bicyclic) bond motifs is 1. The van der Waals surface area contributed by atoms with Gasteiger partial charge in [-0.3, -0.25) is 14.2 Å². The molecule has 180 valence electrons. The van der Waals surface area contributed by atoms with Crippen LogP contribution in [0.5, 0.6) is 0 Å². The largest absolute Gasteiger partial charge is 0.329 e. The number of halogens is 1. The highest BCUT2D eigenvalue weighted by atomic mass is 35.5. The van der Waals surface area contributed by atoms with Gasteiger partial charge in [0.2, 0.25) is 0 Å². The quantitative estimate of drug-likeness (QED) is 0.293. The van der Waals surface area contributed by atoms with Gasteiger partial charge >= 0.3 is 0 Å². The average molecular weight is 488 g/mol. The summed E-state index contributed by atoms with van der Waals surface area (Å²) in [5.41, 5.74) is 3.59. The number of unbranched alkanes of at least 4 members (excludes halogenated alkanes) is 1. The van der Waals surface area contributed by atoms with Gasteiger partial charge in [0, 0.05) is 17.1 Å². The van der Waals surface area contributed by atoms with Gasteiger partial charge in [-0.15, -0.1) is 0 Å². The van der Waals surface area contributed by atoms with Gasteiger partial charge < -0.3 is 4.90 Å². The van der Waals surface area contributed by atoms with Crippen molar-refractivity contribution in [2.75, 3.05) is 6.54 Å². The third-order valence-corrected chi connectivity index (χ3v) is 6.67. The molecule has 1 atom stereocenters. The van der Waals surface area contributed by atoms with E-state index in [1.165, 1.54) is 0 Å². The van der Waals surface area contributed by atoms with E-state index in [0.29, 0.717) is 39.5 Å². The Morgan fingerprint density at radius 1 is 1.03 bits per heavy atom. The first-order valence-corrected chi connectivity index (χ1v) is 12.4. The summed E-state index contributed by atoms with van der Waals surface area (Å²) >= 11 is 6.22. The van der Waals surface area contributed by atoms with Crippen LogP contribution in [-0.2, 0) is 0 Å². The second-order valence-electron chi connectivity index (χ2n) is 8.90. The van der Waals surface area contributed by atoms with Crippen LogP contribution >= 0.6 is 11.6 Å². The van der Waals surface area contributed by atoms with Crippen LogP contribution in [0.15, 0.2) is 71.5 Å². The van der Waals surface area contributed by atoms with Gasteiger partial charge in [-0.1, -0.05) is 55.3 Å². The Balaban J connectivity index is 1.94. The molecule has 5 nitrogen and oxygen atoms in total. The van der Waals surface area contributed by atoms with E-state index in [0.717, 1.165) is 24.0 Å². The number of para-hydroxylation sites is 1. The van der Waals surface area contributed by atoms with Crippen molar-refractivity contribution in [3.8, 4) is 5.69 Å². The average Bonchev–Trinajstić information content (AvgIpc) is 2.85. The molecule has 1 unspecified atom stereocenters. The maximum atomic E-state index is 13.8. The normalized spacial score (nSPS) is 12.0. The second kappa shape index (κ2) is 10.4. The smallest absolute Gasteiger partial charge is 0.266 e. The molecule has 0 spiro atoms. The van der Waals surface area contributed by atoms with E-state index in [2.05, 4.69) is 6.92 Å². The number of benzene rings is 3. The number of carbonyl (C=O) groups is 1. The minimum atomic E-state index is -0.443. The first-order chi connectivity index (χ1) is 16.8. The van der Waals surface area contributed by atoms with Gasteiger partial charge in [0.25, 0.3) is 11.5 Å². The predicted molar refractivity (Wildman–Crippen MR) is 143 cm³/mol. The lowest BCUT2D eigenvalue weighted by molar-refractivity contribution is 0.0677. The first-order valence-electron chi connectivity index (χ1n) is 12.0. The first kappa shape index (κ1) is 24.7. The highest BCUT2D eigenvalue weighted by Crippen LogP contribution is 2.27. The van der Waals surface area contributed by atoms with Gasteiger partial charge in [-0.25, -0.2) is 4.98 Å². The third kappa shape index (κ3) is 4.87. The highest BCUT2D eigenvalue weighted by Gasteiger charge is 2.28. The van der Waals surface area contributed by atoms with Gasteiger partial charge in [-0.05, 0) is 74.7 Å². The molecule has 3 aromatic carbocycles. The molecule has 0 N–H and O–H groups in total. The summed E-state index contributed by atoms with van der Waals surface area (Å²) in [5, 5.41) is 1.13. The molecule has 0 saturated heterocycles. The van der Waals surface area contributed by atoms with Crippen molar-refractivity contribution in [2.45, 2.75) is 46.6 Å². The third-order valence-electron chi connectivity index (χ3n) is 6.43. The molecule has 0 aliphatic heterocycles. The molecule has 35 heavy (non-hydrogen) atoms. The number of rotatable bonds is 7. The van der Waals surface area contributed by atoms with Crippen molar-refractivity contribution in [3.05, 3.63) is 105 Å². The van der Waals surface area contributed by atoms with Gasteiger partial charge in [-0.2, -0.15) is 0 Å². The van der Waals surface area contributed by atoms with E-state index < -0.39 is 6.04 Å². The lowest BCUT2D eigenvalue weighted by atomic mass is 10.1. The Morgan fingerprint density at radius 2 is 1.74 bits per heavy atom. The summed E-state index contributed by atoms with van der Waals surface area (Å²) in [7, 11) is 0. The van der Waals surface area contributed by atoms with Crippen LogP contribution in [0, 0.1) is 13.8 Å². The second-order valence-corrected chi connectivity index (χ2v) is 9.34. The summed E-state index contributed by atoms with van der Waals surface area (Å²) < 4.78 is 1.64. The van der Waals surface area contributed by atoms with Crippen LogP contribution in [-0.4, -0.2) is 26.9 Å². The van der Waals surface area contributed by atoms with Crippen LogP contribution in [0.1, 0.15) is 60.0 Å². The lowest BCUT2D eigenvalue weighted by Crippen LogP contribution is -2.38. The molecule has 0 bridgehead atoms. The topological polar surface area (TPSA) is 55.2 Å². The summed E-state index contributed by atoms with van der Waals surface area (Å²) in [6.45, 7) is 8.47. The zero-order valence-electron chi connectivity index (χ0n) is 20.6. The lowest BCUT2D eigenvalue weighted by Gasteiger charge is -2.31. The maximum Gasteiger partial charge on any atom is 0.266 e. The minimum Gasteiger partial charge on any atom is -0.329 e. The van der Waals surface area contributed by atoms with Crippen LogP contribution in [0.4, 0.5) is 0 Å². The summed E-state index contributed by atoms with van der Waals surface area (Å²) in [6.07, 6.45) is 1.79.